The third-order valence-corrected chi connectivity index (χ3v) is 8.26. The number of piperidine rings is 1. The Morgan fingerprint density at radius 3 is 2.38 bits per heavy atom. The number of urea groups is 1. The average Bonchev–Trinajstić information content (AvgIpc) is 3.37. The van der Waals surface area contributed by atoms with Gasteiger partial charge in [0, 0.05) is 30.5 Å². The summed E-state index contributed by atoms with van der Waals surface area (Å²) in [4.78, 5) is 35.5. The average molecular weight is 487 g/mol. The zero-order chi connectivity index (χ0) is 24.3. The van der Waals surface area contributed by atoms with Crippen LogP contribution in [0.5, 0.6) is 11.5 Å². The van der Waals surface area contributed by atoms with Crippen molar-refractivity contribution >= 4 is 23.3 Å². The van der Waals surface area contributed by atoms with E-state index in [1.54, 1.807) is 25.6 Å². The summed E-state index contributed by atoms with van der Waals surface area (Å²) >= 11 is 1.57. The minimum Gasteiger partial charge on any atom is -0.497 e. The van der Waals surface area contributed by atoms with Gasteiger partial charge in [-0.05, 0) is 62.9 Å². The summed E-state index contributed by atoms with van der Waals surface area (Å²) in [6, 6.07) is 5.67. The van der Waals surface area contributed by atoms with Crippen LogP contribution in [0, 0.1) is 12.8 Å². The van der Waals surface area contributed by atoms with Crippen molar-refractivity contribution in [1.82, 2.24) is 20.1 Å². The van der Waals surface area contributed by atoms with Crippen molar-refractivity contribution < 1.29 is 19.1 Å². The van der Waals surface area contributed by atoms with Gasteiger partial charge in [0.1, 0.15) is 17.0 Å². The maximum Gasteiger partial charge on any atom is 0.325 e. The van der Waals surface area contributed by atoms with E-state index in [-0.39, 0.29) is 17.9 Å². The van der Waals surface area contributed by atoms with Crippen LogP contribution in [0.4, 0.5) is 4.79 Å². The van der Waals surface area contributed by atoms with Crippen LogP contribution < -0.4 is 14.8 Å². The quantitative estimate of drug-likeness (QED) is 0.545. The molecule has 0 aliphatic carbocycles. The molecule has 0 unspecified atom stereocenters. The minimum absolute atomic E-state index is 0.0712. The first-order chi connectivity index (χ1) is 16.4. The molecule has 4 rings (SSSR count). The van der Waals surface area contributed by atoms with Gasteiger partial charge in [0.05, 0.1) is 25.4 Å². The summed E-state index contributed by atoms with van der Waals surface area (Å²) < 4.78 is 10.8. The van der Waals surface area contributed by atoms with Crippen molar-refractivity contribution in [2.24, 2.45) is 5.92 Å². The van der Waals surface area contributed by atoms with Gasteiger partial charge in [0.2, 0.25) is 0 Å². The van der Waals surface area contributed by atoms with Crippen LogP contribution in [-0.2, 0) is 17.8 Å². The molecule has 1 atom stereocenters. The molecule has 0 bridgehead atoms. The van der Waals surface area contributed by atoms with E-state index >= 15 is 0 Å². The first-order valence-corrected chi connectivity index (χ1v) is 12.8. The number of benzene rings is 1. The number of aryl methyl sites for hydroxylation is 1. The molecule has 1 aromatic carbocycles. The maximum absolute atomic E-state index is 13.5. The van der Waals surface area contributed by atoms with Crippen molar-refractivity contribution in [3.63, 3.8) is 0 Å². The first-order valence-electron chi connectivity index (χ1n) is 11.9. The molecule has 34 heavy (non-hydrogen) atoms. The Labute approximate surface area is 205 Å². The van der Waals surface area contributed by atoms with E-state index in [1.807, 2.05) is 37.6 Å². The summed E-state index contributed by atoms with van der Waals surface area (Å²) in [5.74, 6) is 1.61. The number of imide groups is 1. The second-order valence-corrected chi connectivity index (χ2v) is 10.0. The monoisotopic (exact) mass is 486 g/mol. The number of likely N-dealkylation sites (tertiary alicyclic amines) is 1. The molecule has 2 aliphatic rings. The van der Waals surface area contributed by atoms with Crippen LogP contribution in [0.15, 0.2) is 23.7 Å². The van der Waals surface area contributed by atoms with E-state index in [0.29, 0.717) is 19.4 Å². The number of rotatable bonds is 9. The summed E-state index contributed by atoms with van der Waals surface area (Å²) in [5.41, 5.74) is 3.11. The van der Waals surface area contributed by atoms with Crippen molar-refractivity contribution in [1.29, 1.82) is 0 Å². The predicted octanol–water partition coefficient (Wildman–Crippen LogP) is 3.62. The minimum atomic E-state index is -0.800. The highest BCUT2D eigenvalue weighted by molar-refractivity contribution is 7.09. The second-order valence-electron chi connectivity index (χ2n) is 9.09. The van der Waals surface area contributed by atoms with E-state index in [4.69, 9.17) is 9.47 Å². The third-order valence-electron chi connectivity index (χ3n) is 7.27. The number of carbonyl (C=O) groups is 2. The molecule has 184 valence electrons. The van der Waals surface area contributed by atoms with Crippen LogP contribution in [-0.4, -0.2) is 66.1 Å². The molecule has 2 aliphatic heterocycles. The van der Waals surface area contributed by atoms with E-state index in [1.165, 1.54) is 4.90 Å². The van der Waals surface area contributed by atoms with Gasteiger partial charge in [-0.15, -0.1) is 11.3 Å². The first kappa shape index (κ1) is 24.5. The Bertz CT molecular complexity index is 1010. The van der Waals surface area contributed by atoms with Crippen molar-refractivity contribution in [2.45, 2.75) is 51.6 Å². The fourth-order valence-corrected chi connectivity index (χ4v) is 6.00. The van der Waals surface area contributed by atoms with Gasteiger partial charge in [-0.2, -0.15) is 0 Å². The zero-order valence-corrected chi connectivity index (χ0v) is 21.2. The molecular weight excluding hydrogens is 452 g/mol. The van der Waals surface area contributed by atoms with Gasteiger partial charge in [-0.1, -0.05) is 6.92 Å². The zero-order valence-electron chi connectivity index (χ0n) is 20.4. The van der Waals surface area contributed by atoms with Crippen molar-refractivity contribution in [2.75, 3.05) is 33.9 Å². The summed E-state index contributed by atoms with van der Waals surface area (Å²) in [6.07, 6.45) is 2.98. The lowest BCUT2D eigenvalue weighted by Gasteiger charge is -2.40. The molecule has 0 radical (unpaired) electrons. The number of methoxy groups -OCH3 is 2. The van der Waals surface area contributed by atoms with Crippen LogP contribution in [0.3, 0.4) is 0 Å². The number of aromatic nitrogens is 1. The van der Waals surface area contributed by atoms with Gasteiger partial charge < -0.3 is 14.8 Å². The molecule has 2 aromatic rings. The Balaban J connectivity index is 1.39. The Hall–Kier alpha value is -2.65. The van der Waals surface area contributed by atoms with Crippen LogP contribution in [0.2, 0.25) is 0 Å². The Morgan fingerprint density at radius 1 is 1.15 bits per heavy atom. The third kappa shape index (κ3) is 4.77. The number of thiazole rings is 1. The van der Waals surface area contributed by atoms with Crippen molar-refractivity contribution in [3.8, 4) is 11.5 Å². The highest BCUT2D eigenvalue weighted by Crippen LogP contribution is 2.37. The standard InChI is InChI=1S/C25H34N4O4S/c1-5-25(23(30)29(24(31)27-25)11-8-22-17(2)26-16-34-22)19-6-9-28(10-7-19)15-18-12-20(32-3)14-21(13-18)33-4/h12-14,16,19H,5-11,15H2,1-4H3,(H,27,31)/t25-/m1/s1. The number of carbonyl (C=O) groups excluding carboxylic acids is 2. The molecule has 2 fully saturated rings. The van der Waals surface area contributed by atoms with Gasteiger partial charge in [0.25, 0.3) is 5.91 Å². The molecule has 2 saturated heterocycles. The largest absolute Gasteiger partial charge is 0.497 e. The van der Waals surface area contributed by atoms with Crippen LogP contribution in [0.25, 0.3) is 0 Å². The van der Waals surface area contributed by atoms with Gasteiger partial charge in [-0.25, -0.2) is 9.78 Å². The highest BCUT2D eigenvalue weighted by atomic mass is 32.1. The molecule has 9 heteroatoms. The lowest BCUT2D eigenvalue weighted by Crippen LogP contribution is -2.55. The predicted molar refractivity (Wildman–Crippen MR) is 131 cm³/mol. The molecule has 3 amide bonds. The number of nitrogens with zero attached hydrogens (tertiary/aromatic N) is 3. The molecule has 3 heterocycles. The fraction of sp³-hybridized carbons (Fsp3) is 0.560. The Morgan fingerprint density at radius 2 is 1.82 bits per heavy atom. The number of hydrogen-bond donors (Lipinski definition) is 1. The molecule has 1 aromatic heterocycles. The van der Waals surface area contributed by atoms with Gasteiger partial charge >= 0.3 is 6.03 Å². The number of amides is 3. The molecular formula is C25H34N4O4S. The lowest BCUT2D eigenvalue weighted by molar-refractivity contribution is -0.134. The molecule has 8 nitrogen and oxygen atoms in total. The SMILES string of the molecule is CC[C@]1(C2CCN(Cc3cc(OC)cc(OC)c3)CC2)NC(=O)N(CCc2scnc2C)C1=O. The van der Waals surface area contributed by atoms with E-state index < -0.39 is 5.54 Å². The van der Waals surface area contributed by atoms with Crippen LogP contribution >= 0.6 is 11.3 Å². The smallest absolute Gasteiger partial charge is 0.325 e. The van der Waals surface area contributed by atoms with E-state index in [2.05, 4.69) is 15.2 Å². The summed E-state index contributed by atoms with van der Waals surface area (Å²) in [5, 5.41) is 3.10. The second kappa shape index (κ2) is 10.3. The van der Waals surface area contributed by atoms with E-state index in [9.17, 15) is 9.59 Å². The van der Waals surface area contributed by atoms with Crippen molar-refractivity contribution in [3.05, 3.63) is 39.8 Å². The highest BCUT2D eigenvalue weighted by Gasteiger charge is 2.54. The Kier molecular flexibility index (Phi) is 7.42. The number of ether oxygens (including phenoxy) is 2. The summed E-state index contributed by atoms with van der Waals surface area (Å²) in [6.45, 7) is 6.89. The fourth-order valence-electron chi connectivity index (χ4n) is 5.23. The maximum atomic E-state index is 13.5. The number of nitrogens with one attached hydrogen (secondary N) is 1. The van der Waals surface area contributed by atoms with E-state index in [0.717, 1.165) is 60.1 Å². The molecule has 0 spiro atoms. The normalized spacial score (nSPS) is 21.7. The number of hydrogen-bond acceptors (Lipinski definition) is 7. The lowest BCUT2D eigenvalue weighted by atomic mass is 9.75. The summed E-state index contributed by atoms with van der Waals surface area (Å²) in [7, 11) is 3.31. The molecule has 1 N–H and O–H groups in total. The van der Waals surface area contributed by atoms with Gasteiger partial charge in [0.15, 0.2) is 0 Å². The van der Waals surface area contributed by atoms with Gasteiger partial charge in [-0.3, -0.25) is 14.6 Å². The molecule has 0 saturated carbocycles. The van der Waals surface area contributed by atoms with Crippen LogP contribution in [0.1, 0.15) is 42.3 Å². The topological polar surface area (TPSA) is 84.0 Å².